The maximum absolute atomic E-state index is 2.65. The topological polar surface area (TPSA) is 3.24 Å². The third-order valence-corrected chi connectivity index (χ3v) is 17.5. The maximum atomic E-state index is 2.65. The molecule has 4 fully saturated rings. The van der Waals surface area contributed by atoms with Crippen molar-refractivity contribution in [1.29, 1.82) is 0 Å². The molecule has 0 aromatic heterocycles. The van der Waals surface area contributed by atoms with Gasteiger partial charge in [0.25, 0.3) is 0 Å². The highest BCUT2D eigenvalue weighted by Gasteiger charge is 2.61. The van der Waals surface area contributed by atoms with E-state index in [4.69, 9.17) is 0 Å². The van der Waals surface area contributed by atoms with Crippen LogP contribution in [0.15, 0.2) is 212 Å². The van der Waals surface area contributed by atoms with Gasteiger partial charge in [-0.15, -0.1) is 0 Å². The minimum atomic E-state index is -0.0990. The predicted octanol–water partition coefficient (Wildman–Crippen LogP) is 17.9. The van der Waals surface area contributed by atoms with Crippen molar-refractivity contribution in [3.63, 3.8) is 0 Å². The molecular weight excluding hydrogens is 819 g/mol. The van der Waals surface area contributed by atoms with E-state index in [0.717, 1.165) is 17.5 Å². The molecular formula is C67H55N. The second-order valence-electron chi connectivity index (χ2n) is 21.2. The number of nitrogens with zero attached hydrogens (tertiary/aromatic N) is 1. The first-order valence-corrected chi connectivity index (χ1v) is 25.2. The first-order chi connectivity index (χ1) is 33.4. The van der Waals surface area contributed by atoms with Crippen molar-refractivity contribution in [1.82, 2.24) is 0 Å². The van der Waals surface area contributed by atoms with Crippen molar-refractivity contribution in [3.8, 4) is 66.8 Å². The molecule has 0 unspecified atom stereocenters. The number of hydrogen-bond acceptors (Lipinski definition) is 1. The Morgan fingerprint density at radius 1 is 0.338 bits per heavy atom. The molecule has 0 atom stereocenters. The van der Waals surface area contributed by atoms with Gasteiger partial charge in [0.05, 0.1) is 5.69 Å². The predicted molar refractivity (Wildman–Crippen MR) is 284 cm³/mol. The number of para-hydroxylation sites is 1. The first-order valence-electron chi connectivity index (χ1n) is 25.2. The highest BCUT2D eigenvalue weighted by molar-refractivity contribution is 5.94. The van der Waals surface area contributed by atoms with Gasteiger partial charge >= 0.3 is 0 Å². The van der Waals surface area contributed by atoms with Crippen LogP contribution < -0.4 is 4.90 Å². The number of fused-ring (bicyclic) bond motifs is 6. The summed E-state index contributed by atoms with van der Waals surface area (Å²) in [7, 11) is 0. The number of rotatable bonds is 7. The van der Waals surface area contributed by atoms with Crippen molar-refractivity contribution in [2.75, 3.05) is 4.90 Å². The lowest BCUT2D eigenvalue weighted by molar-refractivity contribution is -0.0399. The van der Waals surface area contributed by atoms with Crippen LogP contribution in [-0.2, 0) is 10.8 Å². The van der Waals surface area contributed by atoms with Crippen molar-refractivity contribution in [2.24, 2.45) is 23.7 Å². The zero-order chi connectivity index (χ0) is 45.1. The first kappa shape index (κ1) is 39.9. The van der Waals surface area contributed by atoms with Crippen LogP contribution in [0.1, 0.15) is 68.2 Å². The van der Waals surface area contributed by atoms with E-state index in [9.17, 15) is 0 Å². The molecule has 0 radical (unpaired) electrons. The summed E-state index contributed by atoms with van der Waals surface area (Å²) in [4.78, 5) is 2.58. The van der Waals surface area contributed by atoms with Gasteiger partial charge in [0.15, 0.2) is 0 Å². The van der Waals surface area contributed by atoms with Gasteiger partial charge in [-0.05, 0) is 176 Å². The van der Waals surface area contributed by atoms with Crippen LogP contribution in [0, 0.1) is 23.7 Å². The molecule has 4 saturated carbocycles. The molecule has 0 saturated heterocycles. The molecule has 0 heterocycles. The molecule has 1 spiro atoms. The van der Waals surface area contributed by atoms with Crippen LogP contribution in [0.25, 0.3) is 66.8 Å². The van der Waals surface area contributed by atoms with Gasteiger partial charge in [-0.2, -0.15) is 0 Å². The molecule has 6 aliphatic carbocycles. The number of hydrogen-bond donors (Lipinski definition) is 0. The van der Waals surface area contributed by atoms with Gasteiger partial charge in [-0.1, -0.05) is 190 Å². The van der Waals surface area contributed by atoms with Crippen molar-refractivity contribution in [3.05, 3.63) is 235 Å². The largest absolute Gasteiger partial charge is 0.310 e. The minimum absolute atomic E-state index is 0.0724. The van der Waals surface area contributed by atoms with Crippen LogP contribution in [0.2, 0.25) is 0 Å². The zero-order valence-electron chi connectivity index (χ0n) is 39.0. The standard InChI is InChI=1S/C67H55N/c1-66(2)61-27-11-8-24-58(61)60-26-15-25-56(65(60)66)46-30-32-51(33-31-46)68(52-34-35-59-57-23-9-12-28-62(57)67(63(59)42-52)49-37-43-36-44(39-49)40-50(67)38-43)64-29-13-10-22-55(64)48-19-14-18-47(41-48)54-21-7-6-20-53(54)45-16-4-3-5-17-45/h3-35,41-44,49-50H,36-40H2,1-2H3. The van der Waals surface area contributed by atoms with Gasteiger partial charge in [0, 0.05) is 27.8 Å². The Hall–Kier alpha value is -7.22. The summed E-state index contributed by atoms with van der Waals surface area (Å²) in [5, 5.41) is 0. The Morgan fingerprint density at radius 3 is 1.54 bits per heavy atom. The van der Waals surface area contributed by atoms with Gasteiger partial charge < -0.3 is 4.90 Å². The highest BCUT2D eigenvalue weighted by atomic mass is 15.1. The maximum Gasteiger partial charge on any atom is 0.0540 e. The number of anilines is 3. The quantitative estimate of drug-likeness (QED) is 0.154. The molecule has 1 nitrogen and oxygen atoms in total. The lowest BCUT2D eigenvalue weighted by Gasteiger charge is -2.61. The van der Waals surface area contributed by atoms with Crippen LogP contribution in [0.5, 0.6) is 0 Å². The molecule has 0 amide bonds. The third kappa shape index (κ3) is 5.81. The molecule has 4 bridgehead atoms. The number of benzene rings is 9. The fraction of sp³-hybridized carbons (Fsp3) is 0.194. The van der Waals surface area contributed by atoms with Gasteiger partial charge in [-0.3, -0.25) is 0 Å². The lowest BCUT2D eigenvalue weighted by Crippen LogP contribution is -2.55. The van der Waals surface area contributed by atoms with E-state index < -0.39 is 0 Å². The van der Waals surface area contributed by atoms with Crippen molar-refractivity contribution in [2.45, 2.75) is 56.8 Å². The summed E-state index contributed by atoms with van der Waals surface area (Å²) < 4.78 is 0. The van der Waals surface area contributed by atoms with Gasteiger partial charge in [0.2, 0.25) is 0 Å². The molecule has 9 aromatic rings. The van der Waals surface area contributed by atoms with E-state index in [1.54, 1.807) is 11.1 Å². The molecule has 0 aliphatic heterocycles. The average molecular weight is 874 g/mol. The molecule has 68 heavy (non-hydrogen) atoms. The van der Waals surface area contributed by atoms with Crippen LogP contribution in [0.3, 0.4) is 0 Å². The molecule has 6 aliphatic rings. The smallest absolute Gasteiger partial charge is 0.0540 e. The molecule has 328 valence electrons. The van der Waals surface area contributed by atoms with E-state index in [-0.39, 0.29) is 10.8 Å². The molecule has 15 rings (SSSR count). The van der Waals surface area contributed by atoms with E-state index >= 15 is 0 Å². The summed E-state index contributed by atoms with van der Waals surface area (Å²) in [6.07, 6.45) is 6.93. The Morgan fingerprint density at radius 2 is 0.824 bits per heavy atom. The Kier molecular flexibility index (Phi) is 8.89. The fourth-order valence-corrected chi connectivity index (χ4v) is 15.0. The summed E-state index contributed by atoms with van der Waals surface area (Å²) in [6.45, 7) is 4.79. The molecule has 0 N–H and O–H groups in total. The van der Waals surface area contributed by atoms with E-state index in [1.807, 2.05) is 0 Å². The average Bonchev–Trinajstić information content (AvgIpc) is 3.81. The monoisotopic (exact) mass is 873 g/mol. The summed E-state index contributed by atoms with van der Waals surface area (Å²) in [6, 6.07) is 80.4. The third-order valence-electron chi connectivity index (χ3n) is 17.5. The summed E-state index contributed by atoms with van der Waals surface area (Å²) in [5.41, 5.74) is 25.1. The fourth-order valence-electron chi connectivity index (χ4n) is 15.0. The van der Waals surface area contributed by atoms with Crippen molar-refractivity contribution < 1.29 is 0 Å². The summed E-state index contributed by atoms with van der Waals surface area (Å²) >= 11 is 0. The van der Waals surface area contributed by atoms with Crippen molar-refractivity contribution >= 4 is 17.1 Å². The highest BCUT2D eigenvalue weighted by Crippen LogP contribution is 2.69. The van der Waals surface area contributed by atoms with E-state index in [0.29, 0.717) is 11.8 Å². The van der Waals surface area contributed by atoms with Crippen LogP contribution in [-0.4, -0.2) is 0 Å². The van der Waals surface area contributed by atoms with Crippen LogP contribution in [0.4, 0.5) is 17.1 Å². The van der Waals surface area contributed by atoms with E-state index in [1.165, 1.54) is 121 Å². The van der Waals surface area contributed by atoms with Gasteiger partial charge in [-0.25, -0.2) is 0 Å². The second kappa shape index (κ2) is 15.1. The Bertz CT molecular complexity index is 3420. The second-order valence-corrected chi connectivity index (χ2v) is 21.2. The SMILES string of the molecule is CC1(C)c2ccccc2-c2cccc(-c3ccc(N(c4ccc5c(c4)C4(c6ccccc6-5)C5CC6CC(C5)CC4C6)c4ccccc4-c4cccc(-c5ccccc5-c5ccccc5)c4)cc3)c21. The molecule has 1 heteroatoms. The normalized spacial score (nSPS) is 21.9. The lowest BCUT2D eigenvalue weighted by atomic mass is 9.43. The molecule has 9 aromatic carbocycles. The summed E-state index contributed by atoms with van der Waals surface area (Å²) in [5.74, 6) is 3.18. The van der Waals surface area contributed by atoms with Crippen LogP contribution >= 0.6 is 0 Å². The van der Waals surface area contributed by atoms with Gasteiger partial charge in [0.1, 0.15) is 0 Å². The Balaban J connectivity index is 0.941. The minimum Gasteiger partial charge on any atom is -0.310 e. The zero-order valence-corrected chi connectivity index (χ0v) is 39.0. The Labute approximate surface area is 401 Å². The van der Waals surface area contributed by atoms with E-state index in [2.05, 4.69) is 231 Å².